The summed E-state index contributed by atoms with van der Waals surface area (Å²) in [5.41, 5.74) is 0.283. The predicted molar refractivity (Wildman–Crippen MR) is 89.3 cm³/mol. The van der Waals surface area contributed by atoms with Gasteiger partial charge in [0.25, 0.3) is 5.91 Å². The fraction of sp³-hybridized carbons (Fsp3) is 0.444. The molecule has 26 heavy (non-hydrogen) atoms. The van der Waals surface area contributed by atoms with Gasteiger partial charge in [-0.15, -0.1) is 0 Å². The Morgan fingerprint density at radius 1 is 1.35 bits per heavy atom. The number of hydrogen-bond donors (Lipinski definition) is 0. The van der Waals surface area contributed by atoms with Crippen LogP contribution in [0.2, 0.25) is 0 Å². The number of rotatable bonds is 5. The summed E-state index contributed by atoms with van der Waals surface area (Å²) in [6.07, 6.45) is 2.32. The molecule has 4 rings (SSSR count). The Labute approximate surface area is 150 Å². The van der Waals surface area contributed by atoms with Crippen molar-refractivity contribution in [1.29, 1.82) is 0 Å². The first-order valence-corrected chi connectivity index (χ1v) is 8.60. The van der Waals surface area contributed by atoms with Crippen LogP contribution in [-0.2, 0) is 11.3 Å². The first kappa shape index (κ1) is 16.7. The second-order valence-electron chi connectivity index (χ2n) is 6.08. The fourth-order valence-electron chi connectivity index (χ4n) is 2.90. The standard InChI is InChI=1S/C18H20N2O6/c1-2-12-8-20(5-6-22-12)18(21)14-9-24-17(19-14)10-23-13-3-4-15-16(7-13)26-11-25-15/h3-4,7,9,12H,2,5-6,8,10-11H2,1H3/t12-/m0/s1. The smallest absolute Gasteiger partial charge is 0.275 e. The van der Waals surface area contributed by atoms with Crippen molar-refractivity contribution >= 4 is 5.91 Å². The summed E-state index contributed by atoms with van der Waals surface area (Å²) >= 11 is 0. The van der Waals surface area contributed by atoms with Crippen LogP contribution in [0.15, 0.2) is 28.9 Å². The van der Waals surface area contributed by atoms with Crippen LogP contribution in [-0.4, -0.2) is 48.4 Å². The molecule has 8 nitrogen and oxygen atoms in total. The zero-order valence-corrected chi connectivity index (χ0v) is 14.5. The average molecular weight is 360 g/mol. The van der Waals surface area contributed by atoms with Gasteiger partial charge < -0.3 is 28.3 Å². The molecule has 1 fully saturated rings. The van der Waals surface area contributed by atoms with Crippen LogP contribution in [0.25, 0.3) is 0 Å². The monoisotopic (exact) mass is 360 g/mol. The number of morpholine rings is 1. The van der Waals surface area contributed by atoms with Crippen LogP contribution in [0.1, 0.15) is 29.7 Å². The molecule has 0 spiro atoms. The van der Waals surface area contributed by atoms with E-state index in [4.69, 9.17) is 23.4 Å². The van der Waals surface area contributed by atoms with E-state index in [9.17, 15) is 4.79 Å². The van der Waals surface area contributed by atoms with E-state index in [1.807, 2.05) is 6.92 Å². The minimum Gasteiger partial charge on any atom is -0.484 e. The summed E-state index contributed by atoms with van der Waals surface area (Å²) in [6, 6.07) is 5.31. The third-order valence-corrected chi connectivity index (χ3v) is 4.36. The van der Waals surface area contributed by atoms with E-state index in [1.165, 1.54) is 6.26 Å². The third kappa shape index (κ3) is 3.45. The van der Waals surface area contributed by atoms with Gasteiger partial charge in [0.05, 0.1) is 12.7 Å². The highest BCUT2D eigenvalue weighted by atomic mass is 16.7. The minimum atomic E-state index is -0.148. The minimum absolute atomic E-state index is 0.0772. The van der Waals surface area contributed by atoms with Crippen LogP contribution >= 0.6 is 0 Å². The lowest BCUT2D eigenvalue weighted by atomic mass is 10.2. The molecule has 8 heteroatoms. The molecule has 2 aliphatic rings. The Morgan fingerprint density at radius 2 is 2.23 bits per heavy atom. The number of aromatic nitrogens is 1. The lowest BCUT2D eigenvalue weighted by Gasteiger charge is -2.31. The normalized spacial score (nSPS) is 18.8. The van der Waals surface area contributed by atoms with Crippen LogP contribution < -0.4 is 14.2 Å². The molecular formula is C18H20N2O6. The lowest BCUT2D eigenvalue weighted by Crippen LogP contribution is -2.45. The van der Waals surface area contributed by atoms with Crippen molar-refractivity contribution in [2.45, 2.75) is 26.1 Å². The van der Waals surface area contributed by atoms with Gasteiger partial charge in [0.1, 0.15) is 12.0 Å². The largest absolute Gasteiger partial charge is 0.484 e. The second-order valence-corrected chi connectivity index (χ2v) is 6.08. The fourth-order valence-corrected chi connectivity index (χ4v) is 2.90. The third-order valence-electron chi connectivity index (χ3n) is 4.36. The van der Waals surface area contributed by atoms with E-state index in [1.54, 1.807) is 23.1 Å². The zero-order valence-electron chi connectivity index (χ0n) is 14.5. The van der Waals surface area contributed by atoms with E-state index in [-0.39, 0.29) is 31.1 Å². The zero-order chi connectivity index (χ0) is 17.9. The molecule has 0 bridgehead atoms. The molecule has 2 aliphatic heterocycles. The number of hydrogen-bond acceptors (Lipinski definition) is 7. The van der Waals surface area contributed by atoms with Crippen LogP contribution in [0, 0.1) is 0 Å². The molecule has 0 N–H and O–H groups in total. The number of nitrogens with zero attached hydrogens (tertiary/aromatic N) is 2. The topological polar surface area (TPSA) is 83.3 Å². The molecule has 1 aromatic heterocycles. The van der Waals surface area contributed by atoms with Gasteiger partial charge in [0.15, 0.2) is 23.8 Å². The Morgan fingerprint density at radius 3 is 3.12 bits per heavy atom. The average Bonchev–Trinajstić information content (AvgIpc) is 3.34. The van der Waals surface area contributed by atoms with E-state index in [0.29, 0.717) is 42.8 Å². The number of carbonyl (C=O) groups excluding carboxylic acids is 1. The van der Waals surface area contributed by atoms with Gasteiger partial charge in [-0.1, -0.05) is 6.92 Å². The SMILES string of the molecule is CC[C@H]1CN(C(=O)c2coc(COc3ccc4c(c3)OCO4)n2)CCO1. The maximum atomic E-state index is 12.6. The second kappa shape index (κ2) is 7.25. The van der Waals surface area contributed by atoms with Crippen molar-refractivity contribution in [2.75, 3.05) is 26.5 Å². The van der Waals surface area contributed by atoms with Gasteiger partial charge in [-0.05, 0) is 18.6 Å². The highest BCUT2D eigenvalue weighted by Gasteiger charge is 2.26. The van der Waals surface area contributed by atoms with Crippen molar-refractivity contribution in [3.8, 4) is 17.2 Å². The van der Waals surface area contributed by atoms with Crippen molar-refractivity contribution in [3.05, 3.63) is 36.0 Å². The number of benzene rings is 1. The number of oxazole rings is 1. The van der Waals surface area contributed by atoms with Gasteiger partial charge in [-0.25, -0.2) is 4.98 Å². The summed E-state index contributed by atoms with van der Waals surface area (Å²) in [4.78, 5) is 18.5. The highest BCUT2D eigenvalue weighted by Crippen LogP contribution is 2.35. The van der Waals surface area contributed by atoms with Gasteiger partial charge >= 0.3 is 0 Å². The molecule has 1 aromatic carbocycles. The summed E-state index contributed by atoms with van der Waals surface area (Å²) in [7, 11) is 0. The van der Waals surface area contributed by atoms with Crippen LogP contribution in [0.3, 0.4) is 0 Å². The molecule has 1 saturated heterocycles. The number of carbonyl (C=O) groups is 1. The van der Waals surface area contributed by atoms with Crippen molar-refractivity contribution < 1.29 is 28.2 Å². The summed E-state index contributed by atoms with van der Waals surface area (Å²) < 4.78 is 27.2. The number of amides is 1. The van der Waals surface area contributed by atoms with Gasteiger partial charge in [-0.3, -0.25) is 4.79 Å². The maximum Gasteiger partial charge on any atom is 0.275 e. The molecule has 2 aromatic rings. The summed E-state index contributed by atoms with van der Waals surface area (Å²) in [5, 5.41) is 0. The maximum absolute atomic E-state index is 12.6. The van der Waals surface area contributed by atoms with Crippen LogP contribution in [0.4, 0.5) is 0 Å². The molecule has 1 atom stereocenters. The first-order valence-electron chi connectivity index (χ1n) is 8.60. The van der Waals surface area contributed by atoms with E-state index < -0.39 is 0 Å². The Bertz CT molecular complexity index is 790. The Balaban J connectivity index is 1.36. The molecule has 0 unspecified atom stereocenters. The Kier molecular flexibility index (Phi) is 4.66. The number of fused-ring (bicyclic) bond motifs is 1. The molecule has 1 amide bonds. The van der Waals surface area contributed by atoms with Crippen molar-refractivity contribution in [2.24, 2.45) is 0 Å². The predicted octanol–water partition coefficient (Wildman–Crippen LogP) is 2.23. The molecule has 138 valence electrons. The summed E-state index contributed by atoms with van der Waals surface area (Å²) in [5.74, 6) is 2.14. The van der Waals surface area contributed by atoms with Crippen molar-refractivity contribution in [1.82, 2.24) is 9.88 Å². The molecule has 0 saturated carbocycles. The highest BCUT2D eigenvalue weighted by molar-refractivity contribution is 5.92. The van der Waals surface area contributed by atoms with Gasteiger partial charge in [0, 0.05) is 19.2 Å². The molecular weight excluding hydrogens is 340 g/mol. The molecule has 3 heterocycles. The number of ether oxygens (including phenoxy) is 4. The van der Waals surface area contributed by atoms with E-state index >= 15 is 0 Å². The van der Waals surface area contributed by atoms with Gasteiger partial charge in [-0.2, -0.15) is 0 Å². The van der Waals surface area contributed by atoms with E-state index in [0.717, 1.165) is 6.42 Å². The molecule has 0 aliphatic carbocycles. The van der Waals surface area contributed by atoms with Crippen LogP contribution in [0.5, 0.6) is 17.2 Å². The van der Waals surface area contributed by atoms with E-state index in [2.05, 4.69) is 4.98 Å². The molecule has 0 radical (unpaired) electrons. The summed E-state index contributed by atoms with van der Waals surface area (Å²) in [6.45, 7) is 4.05. The Hall–Kier alpha value is -2.74. The quantitative estimate of drug-likeness (QED) is 0.808. The van der Waals surface area contributed by atoms with Crippen molar-refractivity contribution in [3.63, 3.8) is 0 Å². The first-order chi connectivity index (χ1) is 12.7. The van der Waals surface area contributed by atoms with Gasteiger partial charge in [0.2, 0.25) is 12.7 Å². The lowest BCUT2D eigenvalue weighted by molar-refractivity contribution is -0.0228.